The van der Waals surface area contributed by atoms with Gasteiger partial charge in [-0.3, -0.25) is 9.69 Å². The number of fused-ring (bicyclic) bond motifs is 1. The van der Waals surface area contributed by atoms with Crippen molar-refractivity contribution >= 4 is 22.6 Å². The van der Waals surface area contributed by atoms with Crippen LogP contribution in [0.2, 0.25) is 0 Å². The first-order valence-electron chi connectivity index (χ1n) is 11.6. The molecule has 1 aliphatic rings. The zero-order valence-corrected chi connectivity index (χ0v) is 19.4. The molecule has 0 aliphatic carbocycles. The van der Waals surface area contributed by atoms with Crippen LogP contribution in [0, 0.1) is 5.82 Å². The Kier molecular flexibility index (Phi) is 6.08. The fraction of sp³-hybridized carbons (Fsp3) is 0.269. The molecule has 180 valence electrons. The van der Waals surface area contributed by atoms with Gasteiger partial charge < -0.3 is 19.1 Å². The number of imidazole rings is 1. The molecule has 1 fully saturated rings. The molecule has 0 bridgehead atoms. The van der Waals surface area contributed by atoms with E-state index < -0.39 is 17.2 Å². The van der Waals surface area contributed by atoms with Crippen LogP contribution < -0.4 is 10.3 Å². The van der Waals surface area contributed by atoms with Gasteiger partial charge in [0.25, 0.3) is 0 Å². The van der Waals surface area contributed by atoms with Crippen molar-refractivity contribution in [2.75, 3.05) is 31.1 Å². The number of aromatic nitrogens is 3. The first-order chi connectivity index (χ1) is 16.9. The molecule has 0 spiro atoms. The van der Waals surface area contributed by atoms with E-state index in [0.29, 0.717) is 30.8 Å². The summed E-state index contributed by atoms with van der Waals surface area (Å²) in [5.74, 6) is -1.82. The average molecular weight is 476 g/mol. The van der Waals surface area contributed by atoms with Crippen molar-refractivity contribution < 1.29 is 14.3 Å². The van der Waals surface area contributed by atoms with Crippen molar-refractivity contribution in [3.05, 3.63) is 88.5 Å². The molecule has 1 saturated heterocycles. The number of anilines is 1. The van der Waals surface area contributed by atoms with Crippen LogP contribution in [0.5, 0.6) is 0 Å². The van der Waals surface area contributed by atoms with Gasteiger partial charge in [-0.05, 0) is 36.8 Å². The second kappa shape index (κ2) is 9.34. The number of pyridine rings is 1. The lowest BCUT2D eigenvalue weighted by molar-refractivity contribution is 0.0695. The lowest BCUT2D eigenvalue weighted by Gasteiger charge is -2.36. The van der Waals surface area contributed by atoms with E-state index in [1.165, 1.54) is 17.8 Å². The normalized spacial score (nSPS) is 14.5. The number of aryl methyl sites for hydroxylation is 1. The minimum absolute atomic E-state index is 0.0887. The number of rotatable bonds is 6. The number of nitrogens with zero attached hydrogens (tertiary/aromatic N) is 5. The highest BCUT2D eigenvalue weighted by Gasteiger charge is 2.22. The number of piperazine rings is 1. The molecule has 3 heterocycles. The molecule has 1 aliphatic heterocycles. The van der Waals surface area contributed by atoms with E-state index >= 15 is 4.39 Å². The first-order valence-corrected chi connectivity index (χ1v) is 11.6. The molecular formula is C26H26FN5O3. The van der Waals surface area contributed by atoms with Crippen LogP contribution in [0.1, 0.15) is 22.8 Å². The highest BCUT2D eigenvalue weighted by molar-refractivity contribution is 5.93. The quantitative estimate of drug-likeness (QED) is 0.461. The van der Waals surface area contributed by atoms with Crippen molar-refractivity contribution in [1.82, 2.24) is 19.0 Å². The van der Waals surface area contributed by atoms with Crippen molar-refractivity contribution in [2.24, 2.45) is 0 Å². The number of hydrogen-bond acceptors (Lipinski definition) is 5. The Bertz CT molecular complexity index is 1420. The third-order valence-corrected chi connectivity index (χ3v) is 6.58. The molecule has 35 heavy (non-hydrogen) atoms. The maximum absolute atomic E-state index is 15.1. The van der Waals surface area contributed by atoms with Gasteiger partial charge in [0.2, 0.25) is 5.43 Å². The Morgan fingerprint density at radius 2 is 1.86 bits per heavy atom. The Balaban J connectivity index is 1.31. The maximum atomic E-state index is 15.1. The second-order valence-electron chi connectivity index (χ2n) is 8.68. The molecule has 1 N–H and O–H groups in total. The predicted molar refractivity (Wildman–Crippen MR) is 132 cm³/mol. The summed E-state index contributed by atoms with van der Waals surface area (Å²) in [5, 5.41) is 9.43. The predicted octanol–water partition coefficient (Wildman–Crippen LogP) is 3.37. The Labute approximate surface area is 201 Å². The van der Waals surface area contributed by atoms with E-state index in [2.05, 4.69) is 34.1 Å². The third-order valence-electron chi connectivity index (χ3n) is 6.58. The number of benzene rings is 2. The fourth-order valence-electron chi connectivity index (χ4n) is 4.65. The Morgan fingerprint density at radius 3 is 2.49 bits per heavy atom. The van der Waals surface area contributed by atoms with Crippen molar-refractivity contribution in [3.63, 3.8) is 0 Å². The van der Waals surface area contributed by atoms with Gasteiger partial charge in [0.1, 0.15) is 11.4 Å². The maximum Gasteiger partial charge on any atom is 0.341 e. The standard InChI is InChI=1S/C26H26FN5O3/c1-2-30-16-21(26(34)35)25(33)20-13-22(27)24(14-23(20)30)31-11-9-29(10-12-31)15-18-3-5-19(6-4-18)32-8-7-28-17-32/h3-8,13-14,16-17H,2,9-12,15H2,1H3,(H,34,35). The summed E-state index contributed by atoms with van der Waals surface area (Å²) < 4.78 is 18.7. The van der Waals surface area contributed by atoms with Crippen LogP contribution in [0.3, 0.4) is 0 Å². The molecule has 2 aromatic heterocycles. The smallest absolute Gasteiger partial charge is 0.341 e. The van der Waals surface area contributed by atoms with Gasteiger partial charge >= 0.3 is 5.97 Å². The molecule has 0 amide bonds. The summed E-state index contributed by atoms with van der Waals surface area (Å²) >= 11 is 0. The summed E-state index contributed by atoms with van der Waals surface area (Å²) in [6.45, 7) is 6.00. The topological polar surface area (TPSA) is 83.6 Å². The van der Waals surface area contributed by atoms with E-state index in [4.69, 9.17) is 0 Å². The summed E-state index contributed by atoms with van der Waals surface area (Å²) in [7, 11) is 0. The van der Waals surface area contributed by atoms with Gasteiger partial charge in [0.05, 0.1) is 17.5 Å². The van der Waals surface area contributed by atoms with E-state index in [9.17, 15) is 14.7 Å². The highest BCUT2D eigenvalue weighted by atomic mass is 19.1. The van der Waals surface area contributed by atoms with Crippen LogP contribution in [0.4, 0.5) is 10.1 Å². The minimum Gasteiger partial charge on any atom is -0.477 e. The number of hydrogen-bond donors (Lipinski definition) is 1. The van der Waals surface area contributed by atoms with Crippen LogP contribution in [0.25, 0.3) is 16.6 Å². The van der Waals surface area contributed by atoms with Crippen molar-refractivity contribution in [3.8, 4) is 5.69 Å². The lowest BCUT2D eigenvalue weighted by Crippen LogP contribution is -2.46. The number of carbonyl (C=O) groups is 1. The lowest BCUT2D eigenvalue weighted by atomic mass is 10.1. The molecule has 0 saturated carbocycles. The zero-order valence-electron chi connectivity index (χ0n) is 19.4. The first kappa shape index (κ1) is 22.8. The van der Waals surface area contributed by atoms with Crippen LogP contribution in [0.15, 0.2) is 66.1 Å². The molecule has 4 aromatic rings. The van der Waals surface area contributed by atoms with Gasteiger partial charge in [-0.15, -0.1) is 0 Å². The van der Waals surface area contributed by atoms with Gasteiger partial charge in [-0.25, -0.2) is 14.2 Å². The average Bonchev–Trinajstić information content (AvgIpc) is 3.40. The number of aromatic carboxylic acids is 1. The Hall–Kier alpha value is -3.98. The fourth-order valence-corrected chi connectivity index (χ4v) is 4.65. The van der Waals surface area contributed by atoms with Gasteiger partial charge in [-0.1, -0.05) is 12.1 Å². The number of carboxylic acids is 1. The molecular weight excluding hydrogens is 449 g/mol. The van der Waals surface area contributed by atoms with Gasteiger partial charge in [0, 0.05) is 68.9 Å². The van der Waals surface area contributed by atoms with Crippen molar-refractivity contribution in [2.45, 2.75) is 20.0 Å². The molecule has 5 rings (SSSR count). The third kappa shape index (κ3) is 4.42. The number of halogens is 1. The van der Waals surface area contributed by atoms with Crippen LogP contribution in [-0.4, -0.2) is 56.3 Å². The SMILES string of the molecule is CCn1cc(C(=O)O)c(=O)c2cc(F)c(N3CCN(Cc4ccc(-n5ccnc5)cc4)CC3)cc21. The monoisotopic (exact) mass is 475 g/mol. The summed E-state index contributed by atoms with van der Waals surface area (Å²) in [5.41, 5.74) is 2.24. The molecule has 0 radical (unpaired) electrons. The molecule has 2 aromatic carbocycles. The molecule has 0 unspecified atom stereocenters. The van der Waals surface area contributed by atoms with E-state index in [-0.39, 0.29) is 10.9 Å². The Morgan fingerprint density at radius 1 is 1.11 bits per heavy atom. The second-order valence-corrected chi connectivity index (χ2v) is 8.68. The highest BCUT2D eigenvalue weighted by Crippen LogP contribution is 2.26. The zero-order chi connectivity index (χ0) is 24.5. The van der Waals surface area contributed by atoms with Crippen molar-refractivity contribution in [1.29, 1.82) is 0 Å². The molecule has 8 nitrogen and oxygen atoms in total. The summed E-state index contributed by atoms with van der Waals surface area (Å²) in [6.07, 6.45) is 6.77. The summed E-state index contributed by atoms with van der Waals surface area (Å²) in [6, 6.07) is 11.2. The van der Waals surface area contributed by atoms with Gasteiger partial charge in [0.15, 0.2) is 0 Å². The minimum atomic E-state index is -1.31. The van der Waals surface area contributed by atoms with Crippen LogP contribution in [-0.2, 0) is 13.1 Å². The molecule has 9 heteroatoms. The van der Waals surface area contributed by atoms with E-state index in [1.54, 1.807) is 23.2 Å². The largest absolute Gasteiger partial charge is 0.477 e. The number of carboxylic acid groups (broad SMARTS) is 1. The van der Waals surface area contributed by atoms with E-state index in [0.717, 1.165) is 25.3 Å². The summed E-state index contributed by atoms with van der Waals surface area (Å²) in [4.78, 5) is 32.4. The van der Waals surface area contributed by atoms with Gasteiger partial charge in [-0.2, -0.15) is 0 Å². The van der Waals surface area contributed by atoms with E-state index in [1.807, 2.05) is 22.6 Å². The van der Waals surface area contributed by atoms with Crippen LogP contribution >= 0.6 is 0 Å². The molecule has 0 atom stereocenters.